The molecule has 0 aliphatic carbocycles. The molecule has 7 nitrogen and oxygen atoms in total. The molecule has 0 spiro atoms. The third-order valence-electron chi connectivity index (χ3n) is 6.12. The van der Waals surface area contributed by atoms with Crippen LogP contribution in [0.5, 0.6) is 5.75 Å². The smallest absolute Gasteiger partial charge is 0.491 e. The van der Waals surface area contributed by atoms with Gasteiger partial charge in [-0.3, -0.25) is 15.4 Å². The van der Waals surface area contributed by atoms with Crippen LogP contribution in [0.2, 0.25) is 0 Å². The third-order valence-corrected chi connectivity index (χ3v) is 6.12. The molecule has 0 aromatic heterocycles. The van der Waals surface area contributed by atoms with E-state index >= 15 is 0 Å². The van der Waals surface area contributed by atoms with Gasteiger partial charge in [-0.15, -0.1) is 0 Å². The molecule has 188 valence electrons. The highest BCUT2D eigenvalue weighted by Crippen LogP contribution is 2.41. The van der Waals surface area contributed by atoms with Gasteiger partial charge in [0.1, 0.15) is 5.75 Å². The summed E-state index contributed by atoms with van der Waals surface area (Å²) in [5.41, 5.74) is 7.46. The monoisotopic (exact) mass is 499 g/mol. The zero-order chi connectivity index (χ0) is 26.3. The molecule has 1 aliphatic heterocycles. The number of halogens is 3. The second-order valence-electron chi connectivity index (χ2n) is 8.51. The van der Waals surface area contributed by atoms with Crippen molar-refractivity contribution in [3.05, 3.63) is 89.5 Å². The molecule has 0 saturated carbocycles. The van der Waals surface area contributed by atoms with E-state index in [1.165, 1.54) is 7.05 Å². The number of hydrogen-bond acceptors (Lipinski definition) is 6. The fourth-order valence-corrected chi connectivity index (χ4v) is 4.27. The highest BCUT2D eigenvalue weighted by molar-refractivity contribution is 5.95. The lowest BCUT2D eigenvalue weighted by atomic mass is 9.81. The van der Waals surface area contributed by atoms with Crippen LogP contribution in [0.1, 0.15) is 16.7 Å². The molecule has 4 rings (SSSR count). The summed E-state index contributed by atoms with van der Waals surface area (Å²) < 4.78 is 49.0. The Morgan fingerprint density at radius 1 is 0.972 bits per heavy atom. The predicted molar refractivity (Wildman–Crippen MR) is 125 cm³/mol. The third kappa shape index (κ3) is 4.29. The first kappa shape index (κ1) is 25.2. The van der Waals surface area contributed by atoms with Crippen molar-refractivity contribution < 1.29 is 32.2 Å². The van der Waals surface area contributed by atoms with Gasteiger partial charge in [-0.05, 0) is 47.4 Å². The number of nitrogens with two attached hydrogens (primary N) is 1. The highest BCUT2D eigenvalue weighted by Gasteiger charge is 2.62. The Balaban J connectivity index is 1.89. The largest absolute Gasteiger partial charge is 0.497 e. The van der Waals surface area contributed by atoms with E-state index in [-0.39, 0.29) is 0 Å². The molecule has 3 aromatic carbocycles. The molecule has 1 fully saturated rings. The van der Waals surface area contributed by atoms with Crippen molar-refractivity contribution in [1.82, 2.24) is 10.2 Å². The van der Waals surface area contributed by atoms with Crippen molar-refractivity contribution in [3.63, 3.8) is 0 Å². The molecule has 10 heteroatoms. The minimum Gasteiger partial charge on any atom is -0.497 e. The van der Waals surface area contributed by atoms with E-state index in [1.807, 2.05) is 37.3 Å². The number of esters is 1. The van der Waals surface area contributed by atoms with Gasteiger partial charge in [0.05, 0.1) is 7.11 Å². The number of hydrogen-bond donors (Lipinski definition) is 2. The topological polar surface area (TPSA) is 93.9 Å². The lowest BCUT2D eigenvalue weighted by Gasteiger charge is -2.32. The van der Waals surface area contributed by atoms with Gasteiger partial charge in [0.25, 0.3) is 5.91 Å². The van der Waals surface area contributed by atoms with Gasteiger partial charge in [-0.1, -0.05) is 60.2 Å². The summed E-state index contributed by atoms with van der Waals surface area (Å²) in [6, 6.07) is 21.1. The van der Waals surface area contributed by atoms with Gasteiger partial charge >= 0.3 is 18.1 Å². The maximum absolute atomic E-state index is 13.8. The molecule has 1 amide bonds. The summed E-state index contributed by atoms with van der Waals surface area (Å²) >= 11 is 0. The Morgan fingerprint density at radius 2 is 1.56 bits per heavy atom. The summed E-state index contributed by atoms with van der Waals surface area (Å²) in [5.74, 6) is -5.17. The fourth-order valence-electron chi connectivity index (χ4n) is 4.27. The van der Waals surface area contributed by atoms with Crippen LogP contribution >= 0.6 is 0 Å². The second-order valence-corrected chi connectivity index (χ2v) is 8.51. The minimum atomic E-state index is -5.31. The summed E-state index contributed by atoms with van der Waals surface area (Å²) in [5, 5.41) is 2.73. The molecule has 3 N–H and O–H groups in total. The Bertz CT molecular complexity index is 1330. The molecule has 3 aromatic rings. The lowest BCUT2D eigenvalue weighted by Crippen LogP contribution is -2.64. The average Bonchev–Trinajstić information content (AvgIpc) is 3.05. The highest BCUT2D eigenvalue weighted by atomic mass is 19.4. The Kier molecular flexibility index (Phi) is 6.27. The van der Waals surface area contributed by atoms with Crippen LogP contribution in [0.25, 0.3) is 11.1 Å². The van der Waals surface area contributed by atoms with Crippen molar-refractivity contribution in [1.29, 1.82) is 0 Å². The number of methoxy groups -OCH3 is 1. The number of aryl methyl sites for hydroxylation is 1. The lowest BCUT2D eigenvalue weighted by molar-refractivity contribution is -0.228. The molecule has 36 heavy (non-hydrogen) atoms. The van der Waals surface area contributed by atoms with Crippen LogP contribution in [-0.2, 0) is 19.9 Å². The van der Waals surface area contributed by atoms with Crippen LogP contribution in [0.4, 0.5) is 13.2 Å². The van der Waals surface area contributed by atoms with E-state index in [0.29, 0.717) is 16.9 Å². The SMILES string of the molecule is COc1cccc(-c2cccc(C3(c4cccc(C)c4)NC(N)(OC(=O)C(F)(F)F)N(C)C3=O)c2)c1. The molecular weight excluding hydrogens is 475 g/mol. The normalized spacial score (nSPS) is 22.0. The molecule has 0 bridgehead atoms. The fraction of sp³-hybridized carbons (Fsp3) is 0.231. The number of carbonyl (C=O) groups excluding carboxylic acids is 2. The predicted octanol–water partition coefficient (Wildman–Crippen LogP) is 3.65. The van der Waals surface area contributed by atoms with Gasteiger partial charge in [-0.2, -0.15) is 13.2 Å². The molecular formula is C26H24F3N3O4. The zero-order valence-corrected chi connectivity index (χ0v) is 19.7. The van der Waals surface area contributed by atoms with Crippen LogP contribution in [0.3, 0.4) is 0 Å². The van der Waals surface area contributed by atoms with Crippen molar-refractivity contribution in [3.8, 4) is 16.9 Å². The first-order valence-electron chi connectivity index (χ1n) is 10.9. The van der Waals surface area contributed by atoms with Gasteiger partial charge in [0, 0.05) is 7.05 Å². The Morgan fingerprint density at radius 3 is 2.17 bits per heavy atom. The first-order chi connectivity index (χ1) is 16.9. The number of ether oxygens (including phenoxy) is 2. The van der Waals surface area contributed by atoms with E-state index in [1.54, 1.807) is 49.6 Å². The van der Waals surface area contributed by atoms with Crippen molar-refractivity contribution in [2.24, 2.45) is 5.73 Å². The number of likely N-dealkylation sites (N-methyl/N-ethyl adjacent to an activating group) is 1. The molecule has 2 atom stereocenters. The number of rotatable bonds is 5. The number of carbonyl (C=O) groups is 2. The number of nitrogens with one attached hydrogen (secondary N) is 1. The van der Waals surface area contributed by atoms with E-state index < -0.39 is 29.6 Å². The zero-order valence-electron chi connectivity index (χ0n) is 19.7. The van der Waals surface area contributed by atoms with Gasteiger partial charge in [-0.25, -0.2) is 10.1 Å². The summed E-state index contributed by atoms with van der Waals surface area (Å²) in [6.07, 6.45) is -5.31. The van der Waals surface area contributed by atoms with Crippen LogP contribution in [0, 0.1) is 6.92 Å². The molecule has 2 unspecified atom stereocenters. The number of amides is 1. The number of alkyl halides is 3. The number of nitrogens with zero attached hydrogens (tertiary/aromatic N) is 1. The van der Waals surface area contributed by atoms with E-state index in [9.17, 15) is 22.8 Å². The van der Waals surface area contributed by atoms with Crippen molar-refractivity contribution in [2.75, 3.05) is 14.2 Å². The maximum Gasteiger partial charge on any atom is 0.491 e. The summed E-state index contributed by atoms with van der Waals surface area (Å²) in [7, 11) is 2.71. The molecule has 1 heterocycles. The van der Waals surface area contributed by atoms with Gasteiger partial charge in [0.2, 0.25) is 0 Å². The van der Waals surface area contributed by atoms with Crippen molar-refractivity contribution in [2.45, 2.75) is 24.6 Å². The van der Waals surface area contributed by atoms with Crippen LogP contribution < -0.4 is 15.8 Å². The maximum atomic E-state index is 13.8. The standard InChI is InChI=1S/C26H24F3N3O4/c1-16-7-4-10-19(13-16)24(22(33)32(2)26(30,31-24)36-23(34)25(27,28)29)20-11-5-8-17(14-20)18-9-6-12-21(15-18)35-3/h4-15,31H,30H2,1-3H3. The van der Waals surface area contributed by atoms with E-state index in [0.717, 1.165) is 21.6 Å². The summed E-state index contributed by atoms with van der Waals surface area (Å²) in [4.78, 5) is 26.3. The molecule has 0 radical (unpaired) electrons. The van der Waals surface area contributed by atoms with Gasteiger partial charge < -0.3 is 9.47 Å². The Labute approximate surface area is 205 Å². The molecule has 1 saturated heterocycles. The summed E-state index contributed by atoms with van der Waals surface area (Å²) in [6.45, 7) is 1.81. The van der Waals surface area contributed by atoms with Gasteiger partial charge in [0.15, 0.2) is 5.54 Å². The molecule has 1 aliphatic rings. The van der Waals surface area contributed by atoms with E-state index in [4.69, 9.17) is 10.5 Å². The first-order valence-corrected chi connectivity index (χ1v) is 10.9. The van der Waals surface area contributed by atoms with Crippen LogP contribution in [-0.4, -0.2) is 43.1 Å². The van der Waals surface area contributed by atoms with Crippen molar-refractivity contribution >= 4 is 11.9 Å². The Hall–Kier alpha value is -3.89. The quantitative estimate of drug-likeness (QED) is 0.411. The van der Waals surface area contributed by atoms with Crippen LogP contribution in [0.15, 0.2) is 72.8 Å². The number of benzene rings is 3. The van der Waals surface area contributed by atoms with E-state index in [2.05, 4.69) is 10.1 Å². The average molecular weight is 499 g/mol. The minimum absolute atomic E-state index is 0.389. The second kappa shape index (κ2) is 8.96.